The van der Waals surface area contributed by atoms with E-state index in [1.54, 1.807) is 24.3 Å². The zero-order valence-corrected chi connectivity index (χ0v) is 8.26. The first-order chi connectivity index (χ1) is 6.45. The number of aromatic nitrogens is 2. The van der Waals surface area contributed by atoms with Gasteiger partial charge in [-0.15, -0.1) is 11.8 Å². The zero-order chi connectivity index (χ0) is 8.93. The van der Waals surface area contributed by atoms with Crippen LogP contribution in [0.3, 0.4) is 0 Å². The predicted octanol–water partition coefficient (Wildman–Crippen LogP) is 1.32. The van der Waals surface area contributed by atoms with E-state index >= 15 is 0 Å². The third-order valence-electron chi connectivity index (χ3n) is 1.92. The topological polar surface area (TPSA) is 37.8 Å². The molecule has 1 heterocycles. The van der Waals surface area contributed by atoms with Crippen molar-refractivity contribution < 1.29 is 0 Å². The van der Waals surface area contributed by atoms with Gasteiger partial charge < -0.3 is 5.32 Å². The third kappa shape index (κ3) is 3.32. The molecule has 1 fully saturated rings. The monoisotopic (exact) mass is 195 g/mol. The third-order valence-corrected chi connectivity index (χ3v) is 2.86. The number of thioether (sulfide) groups is 1. The van der Waals surface area contributed by atoms with Crippen molar-refractivity contribution in [3.63, 3.8) is 0 Å². The Morgan fingerprint density at radius 3 is 3.15 bits per heavy atom. The lowest BCUT2D eigenvalue weighted by Crippen LogP contribution is -2.19. The maximum Gasteiger partial charge on any atom is 0.116 e. The van der Waals surface area contributed by atoms with Crippen LogP contribution in [0.4, 0.5) is 0 Å². The average molecular weight is 195 g/mol. The Balaban J connectivity index is 1.61. The van der Waals surface area contributed by atoms with Crippen LogP contribution in [0.1, 0.15) is 12.8 Å². The number of hydrogen-bond acceptors (Lipinski definition) is 4. The van der Waals surface area contributed by atoms with Crippen molar-refractivity contribution in [2.75, 3.05) is 12.3 Å². The summed E-state index contributed by atoms with van der Waals surface area (Å²) in [7, 11) is 0. The second-order valence-electron chi connectivity index (χ2n) is 3.12. The van der Waals surface area contributed by atoms with Gasteiger partial charge in [0, 0.05) is 24.5 Å². The molecule has 0 unspecified atom stereocenters. The van der Waals surface area contributed by atoms with Crippen molar-refractivity contribution in [3.05, 3.63) is 18.6 Å². The summed E-state index contributed by atoms with van der Waals surface area (Å²) in [5.41, 5.74) is 0. The maximum atomic E-state index is 4.14. The molecule has 4 heteroatoms. The van der Waals surface area contributed by atoms with Crippen LogP contribution in [-0.2, 0) is 0 Å². The molecule has 0 spiro atoms. The fourth-order valence-corrected chi connectivity index (χ4v) is 1.78. The highest BCUT2D eigenvalue weighted by molar-refractivity contribution is 7.99. The minimum absolute atomic E-state index is 0.811. The van der Waals surface area contributed by atoms with Crippen molar-refractivity contribution in [1.82, 2.24) is 15.3 Å². The summed E-state index contributed by atoms with van der Waals surface area (Å²) in [6.07, 6.45) is 6.09. The lowest BCUT2D eigenvalue weighted by molar-refractivity contribution is 0.726. The standard InChI is InChI=1S/C9H13N3S/c1-2-8(1)11-5-6-13-9-3-4-10-7-12-9/h3-4,7-8,11H,1-2,5-6H2. The molecular weight excluding hydrogens is 182 g/mol. The van der Waals surface area contributed by atoms with Gasteiger partial charge >= 0.3 is 0 Å². The highest BCUT2D eigenvalue weighted by Gasteiger charge is 2.19. The van der Waals surface area contributed by atoms with Crippen molar-refractivity contribution in [1.29, 1.82) is 0 Å². The lowest BCUT2D eigenvalue weighted by atomic mass is 10.6. The normalized spacial score (nSPS) is 16.0. The van der Waals surface area contributed by atoms with Gasteiger partial charge in [-0.3, -0.25) is 0 Å². The van der Waals surface area contributed by atoms with E-state index in [1.165, 1.54) is 12.8 Å². The van der Waals surface area contributed by atoms with E-state index in [0.717, 1.165) is 23.4 Å². The molecule has 1 aromatic rings. The summed E-state index contributed by atoms with van der Waals surface area (Å²) in [4.78, 5) is 8.01. The molecule has 1 aliphatic carbocycles. The van der Waals surface area contributed by atoms with Gasteiger partial charge in [-0.2, -0.15) is 0 Å². The zero-order valence-electron chi connectivity index (χ0n) is 7.44. The molecule has 0 saturated heterocycles. The van der Waals surface area contributed by atoms with Gasteiger partial charge in [0.25, 0.3) is 0 Å². The van der Waals surface area contributed by atoms with Crippen LogP contribution in [0.5, 0.6) is 0 Å². The van der Waals surface area contributed by atoms with Crippen LogP contribution in [0, 0.1) is 0 Å². The van der Waals surface area contributed by atoms with Crippen LogP contribution in [0.25, 0.3) is 0 Å². The van der Waals surface area contributed by atoms with Crippen molar-refractivity contribution in [3.8, 4) is 0 Å². The van der Waals surface area contributed by atoms with Crippen LogP contribution in [0.2, 0.25) is 0 Å². The van der Waals surface area contributed by atoms with E-state index in [9.17, 15) is 0 Å². The molecular formula is C9H13N3S. The Kier molecular flexibility index (Phi) is 3.16. The first-order valence-corrected chi connectivity index (χ1v) is 5.56. The molecule has 3 nitrogen and oxygen atoms in total. The van der Waals surface area contributed by atoms with E-state index in [0.29, 0.717) is 0 Å². The lowest BCUT2D eigenvalue weighted by Gasteiger charge is -2.01. The van der Waals surface area contributed by atoms with E-state index < -0.39 is 0 Å². The minimum Gasteiger partial charge on any atom is -0.313 e. The Bertz CT molecular complexity index is 248. The molecule has 70 valence electrons. The fraction of sp³-hybridized carbons (Fsp3) is 0.556. The van der Waals surface area contributed by atoms with E-state index in [4.69, 9.17) is 0 Å². The second kappa shape index (κ2) is 4.58. The molecule has 0 radical (unpaired) electrons. The molecule has 1 N–H and O–H groups in total. The Hall–Kier alpha value is -0.610. The van der Waals surface area contributed by atoms with Gasteiger partial charge in [-0.05, 0) is 18.9 Å². The van der Waals surface area contributed by atoms with Crippen LogP contribution in [0.15, 0.2) is 23.6 Å². The SMILES string of the molecule is c1cc(SCCNC2CC2)ncn1. The van der Waals surface area contributed by atoms with E-state index in [2.05, 4.69) is 15.3 Å². The van der Waals surface area contributed by atoms with Crippen molar-refractivity contribution in [2.45, 2.75) is 23.9 Å². The van der Waals surface area contributed by atoms with Crippen LogP contribution in [-0.4, -0.2) is 28.3 Å². The van der Waals surface area contributed by atoms with Gasteiger partial charge in [-0.25, -0.2) is 9.97 Å². The van der Waals surface area contributed by atoms with E-state index in [1.807, 2.05) is 6.07 Å². The first-order valence-electron chi connectivity index (χ1n) is 4.57. The molecule has 0 bridgehead atoms. The summed E-state index contributed by atoms with van der Waals surface area (Å²) in [6, 6.07) is 2.76. The van der Waals surface area contributed by atoms with Crippen LogP contribution < -0.4 is 5.32 Å². The summed E-state index contributed by atoms with van der Waals surface area (Å²) >= 11 is 1.78. The quantitative estimate of drug-likeness (QED) is 0.437. The number of nitrogens with zero attached hydrogens (tertiary/aromatic N) is 2. The summed E-state index contributed by atoms with van der Waals surface area (Å²) in [6.45, 7) is 1.08. The molecule has 13 heavy (non-hydrogen) atoms. The Morgan fingerprint density at radius 1 is 1.54 bits per heavy atom. The number of rotatable bonds is 5. The Labute approximate surface area is 82.4 Å². The molecule has 0 aromatic carbocycles. The second-order valence-corrected chi connectivity index (χ2v) is 4.24. The Morgan fingerprint density at radius 2 is 2.46 bits per heavy atom. The van der Waals surface area contributed by atoms with Gasteiger partial charge in [0.2, 0.25) is 0 Å². The van der Waals surface area contributed by atoms with Gasteiger partial charge in [-0.1, -0.05) is 0 Å². The van der Waals surface area contributed by atoms with Gasteiger partial charge in [0.05, 0.1) is 5.03 Å². The molecule has 1 saturated carbocycles. The first kappa shape index (κ1) is 8.97. The molecule has 1 aliphatic rings. The smallest absolute Gasteiger partial charge is 0.116 e. The number of nitrogens with one attached hydrogen (secondary N) is 1. The molecule has 2 rings (SSSR count). The predicted molar refractivity (Wildman–Crippen MR) is 53.8 cm³/mol. The van der Waals surface area contributed by atoms with Crippen molar-refractivity contribution >= 4 is 11.8 Å². The van der Waals surface area contributed by atoms with Gasteiger partial charge in [0.1, 0.15) is 6.33 Å². The van der Waals surface area contributed by atoms with Gasteiger partial charge in [0.15, 0.2) is 0 Å². The van der Waals surface area contributed by atoms with Crippen LogP contribution >= 0.6 is 11.8 Å². The van der Waals surface area contributed by atoms with Crippen molar-refractivity contribution in [2.24, 2.45) is 0 Å². The largest absolute Gasteiger partial charge is 0.313 e. The minimum atomic E-state index is 0.811. The summed E-state index contributed by atoms with van der Waals surface area (Å²) in [5.74, 6) is 1.09. The van der Waals surface area contributed by atoms with E-state index in [-0.39, 0.29) is 0 Å². The highest BCUT2D eigenvalue weighted by Crippen LogP contribution is 2.19. The molecule has 0 amide bonds. The summed E-state index contributed by atoms with van der Waals surface area (Å²) < 4.78 is 0. The molecule has 0 atom stereocenters. The summed E-state index contributed by atoms with van der Waals surface area (Å²) in [5, 5.41) is 4.53. The molecule has 0 aliphatic heterocycles. The highest BCUT2D eigenvalue weighted by atomic mass is 32.2. The fourth-order valence-electron chi connectivity index (χ4n) is 1.07. The molecule has 1 aromatic heterocycles. The number of hydrogen-bond donors (Lipinski definition) is 1. The average Bonchev–Trinajstić information content (AvgIpc) is 2.98. The maximum absolute atomic E-state index is 4.14.